The molecule has 1 aliphatic heterocycles. The summed E-state index contributed by atoms with van der Waals surface area (Å²) in [7, 11) is 0. The van der Waals surface area contributed by atoms with E-state index in [4.69, 9.17) is 17.3 Å². The van der Waals surface area contributed by atoms with Gasteiger partial charge in [-0.25, -0.2) is 4.79 Å². The maximum Gasteiger partial charge on any atom is 0.339 e. The van der Waals surface area contributed by atoms with Crippen LogP contribution in [0, 0.1) is 6.92 Å². The largest absolute Gasteiger partial charge is 0.507 e. The second-order valence-electron chi connectivity index (χ2n) is 5.43. The van der Waals surface area contributed by atoms with Gasteiger partial charge in [0.25, 0.3) is 5.91 Å². The first-order chi connectivity index (χ1) is 11.9. The normalized spacial score (nSPS) is 15.9. The number of anilines is 1. The molecule has 7 heteroatoms. The lowest BCUT2D eigenvalue weighted by Crippen LogP contribution is -2.27. The van der Waals surface area contributed by atoms with Gasteiger partial charge in [-0.3, -0.25) is 9.69 Å². The molecular weight excluding hydrogens is 358 g/mol. The van der Waals surface area contributed by atoms with Gasteiger partial charge in [0.2, 0.25) is 0 Å². The third-order valence-corrected chi connectivity index (χ3v) is 4.94. The minimum Gasteiger partial charge on any atom is -0.507 e. The summed E-state index contributed by atoms with van der Waals surface area (Å²) in [4.78, 5) is 25.4. The number of aromatic carboxylic acids is 1. The highest BCUT2D eigenvalue weighted by Crippen LogP contribution is 2.37. The van der Waals surface area contributed by atoms with Crippen molar-refractivity contribution in [3.05, 3.63) is 64.1 Å². The van der Waals surface area contributed by atoms with Gasteiger partial charge in [-0.15, -0.1) is 0 Å². The van der Waals surface area contributed by atoms with E-state index in [2.05, 4.69) is 0 Å². The molecule has 0 spiro atoms. The molecule has 3 rings (SSSR count). The summed E-state index contributed by atoms with van der Waals surface area (Å²) in [6, 6.07) is 11.6. The van der Waals surface area contributed by atoms with E-state index in [9.17, 15) is 14.7 Å². The van der Waals surface area contributed by atoms with Crippen molar-refractivity contribution in [2.45, 2.75) is 6.92 Å². The molecule has 0 radical (unpaired) electrons. The minimum absolute atomic E-state index is 0.232. The predicted molar refractivity (Wildman–Crippen MR) is 102 cm³/mol. The summed E-state index contributed by atoms with van der Waals surface area (Å²) in [5.41, 5.74) is 2.11. The SMILES string of the molecule is Cc1ccc(/C=C2\SC(=S)N(c3ccc(C(=O)O)c(O)c3)C2=O)cc1. The van der Waals surface area contributed by atoms with E-state index in [1.807, 2.05) is 31.2 Å². The number of rotatable bonds is 3. The average Bonchev–Trinajstić information content (AvgIpc) is 2.83. The number of hydrogen-bond acceptors (Lipinski definition) is 5. The topological polar surface area (TPSA) is 77.8 Å². The molecule has 126 valence electrons. The van der Waals surface area contributed by atoms with E-state index < -0.39 is 11.7 Å². The number of hydrogen-bond donors (Lipinski definition) is 2. The van der Waals surface area contributed by atoms with Gasteiger partial charge in [0.05, 0.1) is 10.6 Å². The average molecular weight is 371 g/mol. The number of carboxylic acids is 1. The maximum atomic E-state index is 12.7. The molecule has 0 aromatic heterocycles. The molecule has 1 heterocycles. The van der Waals surface area contributed by atoms with E-state index in [1.165, 1.54) is 23.1 Å². The molecule has 0 bridgehead atoms. The number of benzene rings is 2. The molecule has 2 aromatic carbocycles. The molecule has 25 heavy (non-hydrogen) atoms. The Balaban J connectivity index is 1.93. The summed E-state index contributed by atoms with van der Waals surface area (Å²) in [6.45, 7) is 1.98. The van der Waals surface area contributed by atoms with Crippen molar-refractivity contribution in [2.24, 2.45) is 0 Å². The number of thiocarbonyl (C=S) groups is 1. The lowest BCUT2D eigenvalue weighted by Gasteiger charge is -2.15. The van der Waals surface area contributed by atoms with E-state index in [-0.39, 0.29) is 11.5 Å². The Morgan fingerprint density at radius 3 is 2.48 bits per heavy atom. The molecule has 2 N–H and O–H groups in total. The van der Waals surface area contributed by atoms with Crippen LogP contribution in [0.2, 0.25) is 0 Å². The van der Waals surface area contributed by atoms with Gasteiger partial charge in [-0.05, 0) is 30.7 Å². The van der Waals surface area contributed by atoms with E-state index >= 15 is 0 Å². The minimum atomic E-state index is -1.24. The number of phenols is 1. The first kappa shape index (κ1) is 17.2. The number of amides is 1. The molecule has 5 nitrogen and oxygen atoms in total. The zero-order chi connectivity index (χ0) is 18.1. The summed E-state index contributed by atoms with van der Waals surface area (Å²) in [5.74, 6) is -1.96. The Morgan fingerprint density at radius 2 is 1.88 bits per heavy atom. The van der Waals surface area contributed by atoms with Crippen molar-refractivity contribution in [3.63, 3.8) is 0 Å². The highest BCUT2D eigenvalue weighted by atomic mass is 32.2. The van der Waals surface area contributed by atoms with Gasteiger partial charge < -0.3 is 10.2 Å². The molecule has 1 aliphatic rings. The fraction of sp³-hybridized carbons (Fsp3) is 0.0556. The van der Waals surface area contributed by atoms with Gasteiger partial charge in [0.15, 0.2) is 4.32 Å². The van der Waals surface area contributed by atoms with Gasteiger partial charge in [0.1, 0.15) is 11.3 Å². The van der Waals surface area contributed by atoms with Crippen LogP contribution in [0.5, 0.6) is 5.75 Å². The van der Waals surface area contributed by atoms with Crippen LogP contribution in [0.25, 0.3) is 6.08 Å². The van der Waals surface area contributed by atoms with Crippen molar-refractivity contribution >= 4 is 51.9 Å². The molecule has 0 atom stereocenters. The third kappa shape index (κ3) is 3.42. The standard InChI is InChI=1S/C18H13NO4S2/c1-10-2-4-11(5-3-10)8-15-16(21)19(18(24)25-15)12-6-7-13(17(22)23)14(20)9-12/h2-9,20H,1H3,(H,22,23)/b15-8-. The highest BCUT2D eigenvalue weighted by molar-refractivity contribution is 8.27. The van der Waals surface area contributed by atoms with Crippen LogP contribution in [-0.4, -0.2) is 26.4 Å². The quantitative estimate of drug-likeness (QED) is 0.631. The summed E-state index contributed by atoms with van der Waals surface area (Å²) in [6.07, 6.45) is 1.75. The smallest absolute Gasteiger partial charge is 0.339 e. The molecular formula is C18H13NO4S2. The Kier molecular flexibility index (Phi) is 4.61. The van der Waals surface area contributed by atoms with E-state index in [0.29, 0.717) is 14.9 Å². The molecule has 1 saturated heterocycles. The molecule has 0 aliphatic carbocycles. The molecule has 1 fully saturated rings. The fourth-order valence-electron chi connectivity index (χ4n) is 2.34. The lowest BCUT2D eigenvalue weighted by atomic mass is 10.1. The number of aryl methyl sites for hydroxylation is 1. The van der Waals surface area contributed by atoms with Crippen molar-refractivity contribution in [3.8, 4) is 5.75 Å². The van der Waals surface area contributed by atoms with Crippen molar-refractivity contribution in [2.75, 3.05) is 4.90 Å². The number of carbonyl (C=O) groups excluding carboxylic acids is 1. The van der Waals surface area contributed by atoms with Crippen LogP contribution in [-0.2, 0) is 4.79 Å². The van der Waals surface area contributed by atoms with Crippen LogP contribution < -0.4 is 4.90 Å². The Hall–Kier alpha value is -2.64. The summed E-state index contributed by atoms with van der Waals surface area (Å²) >= 11 is 6.43. The van der Waals surface area contributed by atoms with Gasteiger partial charge in [0, 0.05) is 6.07 Å². The molecule has 2 aromatic rings. The zero-order valence-electron chi connectivity index (χ0n) is 13.1. The fourth-order valence-corrected chi connectivity index (χ4v) is 3.64. The first-order valence-corrected chi connectivity index (χ1v) is 8.50. The number of aromatic hydroxyl groups is 1. The van der Waals surface area contributed by atoms with Gasteiger partial charge in [-0.1, -0.05) is 53.8 Å². The predicted octanol–water partition coefficient (Wildman–Crippen LogP) is 3.80. The van der Waals surface area contributed by atoms with Gasteiger partial charge >= 0.3 is 5.97 Å². The van der Waals surface area contributed by atoms with Crippen LogP contribution in [0.3, 0.4) is 0 Å². The van der Waals surface area contributed by atoms with Crippen LogP contribution in [0.15, 0.2) is 47.4 Å². The van der Waals surface area contributed by atoms with Crippen LogP contribution >= 0.6 is 24.0 Å². The number of carbonyl (C=O) groups is 2. The Labute approximate surface area is 153 Å². The zero-order valence-corrected chi connectivity index (χ0v) is 14.7. The van der Waals surface area contributed by atoms with E-state index in [1.54, 1.807) is 6.08 Å². The molecule has 0 unspecified atom stereocenters. The van der Waals surface area contributed by atoms with Crippen LogP contribution in [0.1, 0.15) is 21.5 Å². The molecule has 0 saturated carbocycles. The number of carboxylic acid groups (broad SMARTS) is 1. The van der Waals surface area contributed by atoms with Crippen LogP contribution in [0.4, 0.5) is 5.69 Å². The number of thioether (sulfide) groups is 1. The second kappa shape index (κ2) is 6.70. The summed E-state index contributed by atoms with van der Waals surface area (Å²) in [5, 5.41) is 18.8. The van der Waals surface area contributed by atoms with Crippen molar-refractivity contribution < 1.29 is 19.8 Å². The Bertz CT molecular complexity index is 919. The summed E-state index contributed by atoms with van der Waals surface area (Å²) < 4.78 is 0.325. The Morgan fingerprint density at radius 1 is 1.20 bits per heavy atom. The maximum absolute atomic E-state index is 12.7. The van der Waals surface area contributed by atoms with Gasteiger partial charge in [-0.2, -0.15) is 0 Å². The second-order valence-corrected chi connectivity index (χ2v) is 7.11. The monoisotopic (exact) mass is 371 g/mol. The third-order valence-electron chi connectivity index (χ3n) is 3.64. The molecule has 1 amide bonds. The first-order valence-electron chi connectivity index (χ1n) is 7.28. The van der Waals surface area contributed by atoms with E-state index in [0.717, 1.165) is 22.9 Å². The lowest BCUT2D eigenvalue weighted by molar-refractivity contribution is -0.113. The highest BCUT2D eigenvalue weighted by Gasteiger charge is 2.33. The van der Waals surface area contributed by atoms with Crippen molar-refractivity contribution in [1.82, 2.24) is 0 Å². The number of nitrogens with zero attached hydrogens (tertiary/aromatic N) is 1. The van der Waals surface area contributed by atoms with Crippen molar-refractivity contribution in [1.29, 1.82) is 0 Å².